The Hall–Kier alpha value is -2.01. The standard InChI is InChI=1S/C18H27N3O2/c1-4-15(2)23-17-7-6-16(12-18(17)22-3)13-19-8-5-10-21-11-9-20-14-21/h6-7,9,11-12,14-15,19H,4-5,8,10,13H2,1-3H3. The highest BCUT2D eigenvalue weighted by molar-refractivity contribution is 5.43. The van der Waals surface area contributed by atoms with Crippen LogP contribution in [0.5, 0.6) is 11.5 Å². The number of methoxy groups -OCH3 is 1. The van der Waals surface area contributed by atoms with Crippen molar-refractivity contribution in [2.24, 2.45) is 0 Å². The van der Waals surface area contributed by atoms with E-state index in [1.165, 1.54) is 5.56 Å². The van der Waals surface area contributed by atoms with Crippen molar-refractivity contribution in [3.8, 4) is 11.5 Å². The monoisotopic (exact) mass is 317 g/mol. The Labute approximate surface area is 138 Å². The van der Waals surface area contributed by atoms with Gasteiger partial charge in [0.1, 0.15) is 0 Å². The van der Waals surface area contributed by atoms with Gasteiger partial charge in [-0.05, 0) is 44.0 Å². The van der Waals surface area contributed by atoms with E-state index < -0.39 is 0 Å². The minimum absolute atomic E-state index is 0.191. The molecule has 1 heterocycles. The van der Waals surface area contributed by atoms with E-state index >= 15 is 0 Å². The molecule has 0 bridgehead atoms. The van der Waals surface area contributed by atoms with Crippen molar-refractivity contribution >= 4 is 0 Å². The van der Waals surface area contributed by atoms with Crippen LogP contribution in [-0.2, 0) is 13.1 Å². The van der Waals surface area contributed by atoms with Crippen molar-refractivity contribution in [1.82, 2.24) is 14.9 Å². The topological polar surface area (TPSA) is 48.3 Å². The number of nitrogens with one attached hydrogen (secondary N) is 1. The quantitative estimate of drug-likeness (QED) is 0.683. The smallest absolute Gasteiger partial charge is 0.161 e. The first-order chi connectivity index (χ1) is 11.2. The Balaban J connectivity index is 1.78. The van der Waals surface area contributed by atoms with Gasteiger partial charge in [-0.1, -0.05) is 13.0 Å². The fraction of sp³-hybridized carbons (Fsp3) is 0.500. The summed E-state index contributed by atoms with van der Waals surface area (Å²) in [5.41, 5.74) is 1.20. The highest BCUT2D eigenvalue weighted by atomic mass is 16.5. The molecule has 0 saturated heterocycles. The summed E-state index contributed by atoms with van der Waals surface area (Å²) < 4.78 is 13.4. The van der Waals surface area contributed by atoms with Gasteiger partial charge in [-0.25, -0.2) is 4.98 Å². The lowest BCUT2D eigenvalue weighted by Gasteiger charge is -2.16. The largest absolute Gasteiger partial charge is 0.493 e. The fourth-order valence-electron chi connectivity index (χ4n) is 2.26. The Morgan fingerprint density at radius 1 is 1.30 bits per heavy atom. The Morgan fingerprint density at radius 2 is 2.17 bits per heavy atom. The molecule has 23 heavy (non-hydrogen) atoms. The number of imidazole rings is 1. The molecule has 2 rings (SSSR count). The number of hydrogen-bond donors (Lipinski definition) is 1. The van der Waals surface area contributed by atoms with Crippen LogP contribution in [-0.4, -0.2) is 29.3 Å². The zero-order valence-corrected chi connectivity index (χ0v) is 14.3. The first-order valence-electron chi connectivity index (χ1n) is 8.23. The fourth-order valence-corrected chi connectivity index (χ4v) is 2.26. The molecule has 126 valence electrons. The second-order valence-corrected chi connectivity index (χ2v) is 5.65. The molecule has 0 aliphatic heterocycles. The number of hydrogen-bond acceptors (Lipinski definition) is 4. The molecule has 1 N–H and O–H groups in total. The Bertz CT molecular complexity index is 570. The zero-order valence-electron chi connectivity index (χ0n) is 14.3. The molecule has 1 aromatic carbocycles. The molecule has 0 aliphatic carbocycles. The molecule has 0 saturated carbocycles. The molecule has 0 spiro atoms. The van der Waals surface area contributed by atoms with Crippen LogP contribution >= 0.6 is 0 Å². The van der Waals surface area contributed by atoms with Gasteiger partial charge in [0.05, 0.1) is 19.5 Å². The maximum atomic E-state index is 5.87. The third-order valence-corrected chi connectivity index (χ3v) is 3.79. The van der Waals surface area contributed by atoms with Gasteiger partial charge >= 0.3 is 0 Å². The van der Waals surface area contributed by atoms with Gasteiger partial charge in [0, 0.05) is 25.5 Å². The predicted molar refractivity (Wildman–Crippen MR) is 91.9 cm³/mol. The minimum Gasteiger partial charge on any atom is -0.493 e. The summed E-state index contributed by atoms with van der Waals surface area (Å²) in [6, 6.07) is 6.12. The maximum Gasteiger partial charge on any atom is 0.161 e. The number of benzene rings is 1. The highest BCUT2D eigenvalue weighted by Gasteiger charge is 2.08. The summed E-state index contributed by atoms with van der Waals surface area (Å²) in [7, 11) is 1.68. The number of aromatic nitrogens is 2. The van der Waals surface area contributed by atoms with Crippen molar-refractivity contribution in [3.05, 3.63) is 42.5 Å². The van der Waals surface area contributed by atoms with Crippen molar-refractivity contribution in [2.75, 3.05) is 13.7 Å². The van der Waals surface area contributed by atoms with E-state index in [0.717, 1.165) is 44.0 Å². The first-order valence-corrected chi connectivity index (χ1v) is 8.23. The summed E-state index contributed by atoms with van der Waals surface area (Å²) in [5, 5.41) is 3.46. The predicted octanol–water partition coefficient (Wildman–Crippen LogP) is 3.25. The van der Waals surface area contributed by atoms with Gasteiger partial charge in [-0.15, -0.1) is 0 Å². The normalized spacial score (nSPS) is 12.1. The maximum absolute atomic E-state index is 5.87. The molecule has 0 radical (unpaired) electrons. The summed E-state index contributed by atoms with van der Waals surface area (Å²) in [5.74, 6) is 1.61. The van der Waals surface area contributed by atoms with E-state index in [9.17, 15) is 0 Å². The lowest BCUT2D eigenvalue weighted by molar-refractivity contribution is 0.207. The molecular weight excluding hydrogens is 290 g/mol. The molecule has 1 atom stereocenters. The van der Waals surface area contributed by atoms with Crippen molar-refractivity contribution in [1.29, 1.82) is 0 Å². The Morgan fingerprint density at radius 3 is 2.87 bits per heavy atom. The Kier molecular flexibility index (Phi) is 6.94. The molecule has 2 aromatic rings. The minimum atomic E-state index is 0.191. The van der Waals surface area contributed by atoms with Crippen LogP contribution in [0.1, 0.15) is 32.3 Å². The zero-order chi connectivity index (χ0) is 16.5. The SMILES string of the molecule is CCC(C)Oc1ccc(CNCCCn2ccnc2)cc1OC. The van der Waals surface area contributed by atoms with Gasteiger partial charge < -0.3 is 19.4 Å². The van der Waals surface area contributed by atoms with E-state index in [0.29, 0.717) is 0 Å². The van der Waals surface area contributed by atoms with Crippen molar-refractivity contribution in [3.63, 3.8) is 0 Å². The molecule has 0 aliphatic rings. The third kappa shape index (κ3) is 5.60. The summed E-state index contributed by atoms with van der Waals surface area (Å²) in [6.45, 7) is 6.95. The lowest BCUT2D eigenvalue weighted by atomic mass is 10.2. The second kappa shape index (κ2) is 9.20. The van der Waals surface area contributed by atoms with Crippen LogP contribution in [0.3, 0.4) is 0 Å². The highest BCUT2D eigenvalue weighted by Crippen LogP contribution is 2.29. The van der Waals surface area contributed by atoms with Crippen LogP contribution in [0.25, 0.3) is 0 Å². The number of aryl methyl sites for hydroxylation is 1. The molecule has 1 aromatic heterocycles. The van der Waals surface area contributed by atoms with E-state index in [-0.39, 0.29) is 6.10 Å². The lowest BCUT2D eigenvalue weighted by Crippen LogP contribution is -2.16. The summed E-state index contributed by atoms with van der Waals surface area (Å²) in [6.07, 6.45) is 7.88. The number of nitrogens with zero attached hydrogens (tertiary/aromatic N) is 2. The molecule has 5 heteroatoms. The van der Waals surface area contributed by atoms with Crippen molar-refractivity contribution < 1.29 is 9.47 Å². The average Bonchev–Trinajstić information content (AvgIpc) is 3.08. The molecule has 1 unspecified atom stereocenters. The van der Waals surface area contributed by atoms with Gasteiger partial charge in [-0.2, -0.15) is 0 Å². The van der Waals surface area contributed by atoms with Crippen molar-refractivity contribution in [2.45, 2.75) is 45.9 Å². The third-order valence-electron chi connectivity index (χ3n) is 3.79. The first kappa shape index (κ1) is 17.3. The van der Waals surface area contributed by atoms with Crippen LogP contribution in [0, 0.1) is 0 Å². The number of rotatable bonds is 10. The van der Waals surface area contributed by atoms with E-state index in [4.69, 9.17) is 9.47 Å². The van der Waals surface area contributed by atoms with Crippen LogP contribution in [0.15, 0.2) is 36.9 Å². The summed E-state index contributed by atoms with van der Waals surface area (Å²) in [4.78, 5) is 4.04. The number of ether oxygens (including phenoxy) is 2. The molecule has 0 amide bonds. The van der Waals surface area contributed by atoms with E-state index in [1.54, 1.807) is 7.11 Å². The van der Waals surface area contributed by atoms with Gasteiger partial charge in [0.2, 0.25) is 0 Å². The van der Waals surface area contributed by atoms with Crippen LogP contribution < -0.4 is 14.8 Å². The molecular formula is C18H27N3O2. The average molecular weight is 317 g/mol. The molecule has 0 fully saturated rings. The molecule has 5 nitrogen and oxygen atoms in total. The summed E-state index contributed by atoms with van der Waals surface area (Å²) >= 11 is 0. The van der Waals surface area contributed by atoms with Crippen LogP contribution in [0.2, 0.25) is 0 Å². The van der Waals surface area contributed by atoms with Gasteiger partial charge in [-0.3, -0.25) is 0 Å². The second-order valence-electron chi connectivity index (χ2n) is 5.65. The van der Waals surface area contributed by atoms with Gasteiger partial charge in [0.25, 0.3) is 0 Å². The van der Waals surface area contributed by atoms with Gasteiger partial charge in [0.15, 0.2) is 11.5 Å². The van der Waals surface area contributed by atoms with E-state index in [2.05, 4.69) is 34.8 Å². The van der Waals surface area contributed by atoms with E-state index in [1.807, 2.05) is 30.9 Å². The van der Waals surface area contributed by atoms with Crippen LogP contribution in [0.4, 0.5) is 0 Å².